The summed E-state index contributed by atoms with van der Waals surface area (Å²) in [5.74, 6) is 1.39. The van der Waals surface area contributed by atoms with Crippen molar-refractivity contribution in [3.05, 3.63) is 23.8 Å². The van der Waals surface area contributed by atoms with Gasteiger partial charge in [0.1, 0.15) is 0 Å². The van der Waals surface area contributed by atoms with Crippen LogP contribution in [0.15, 0.2) is 23.8 Å². The number of likely N-dealkylation sites (tertiary alicyclic amines) is 1. The second-order valence-corrected chi connectivity index (χ2v) is 10.9. The molecule has 152 valence electrons. The number of fused-ring (bicyclic) bond motifs is 1. The molecule has 3 unspecified atom stereocenters. The highest BCUT2D eigenvalue weighted by atomic mass is 32.2. The highest BCUT2D eigenvalue weighted by Crippen LogP contribution is 2.66. The first kappa shape index (κ1) is 19.6. The molecule has 3 atom stereocenters. The molecule has 1 N–H and O–H groups in total. The number of sulfonamides is 1. The van der Waals surface area contributed by atoms with Crippen LogP contribution in [0.5, 0.6) is 0 Å². The fraction of sp³-hybridized carbons (Fsp3) is 0.810. The smallest absolute Gasteiger partial charge is 0.209 e. The van der Waals surface area contributed by atoms with E-state index < -0.39 is 10.0 Å². The molecule has 5 nitrogen and oxygen atoms in total. The van der Waals surface area contributed by atoms with Crippen molar-refractivity contribution in [3.8, 4) is 0 Å². The van der Waals surface area contributed by atoms with Crippen molar-refractivity contribution in [2.24, 2.45) is 17.3 Å². The van der Waals surface area contributed by atoms with E-state index in [0.717, 1.165) is 32.7 Å². The van der Waals surface area contributed by atoms with Gasteiger partial charge in [0, 0.05) is 31.1 Å². The third-order valence-electron chi connectivity index (χ3n) is 7.20. The molecule has 4 aliphatic rings. The summed E-state index contributed by atoms with van der Waals surface area (Å²) in [4.78, 5) is 2.55. The number of ether oxygens (including phenoxy) is 1. The molecule has 1 heterocycles. The number of rotatable bonds is 7. The highest BCUT2D eigenvalue weighted by Gasteiger charge is 2.65. The number of hydrogen-bond acceptors (Lipinski definition) is 4. The maximum atomic E-state index is 11.5. The lowest BCUT2D eigenvalue weighted by molar-refractivity contribution is 0.0167. The van der Waals surface area contributed by atoms with E-state index in [-0.39, 0.29) is 11.5 Å². The molecule has 0 aromatic rings. The van der Waals surface area contributed by atoms with Crippen LogP contribution in [-0.2, 0) is 14.8 Å². The van der Waals surface area contributed by atoms with E-state index in [1.807, 2.05) is 0 Å². The summed E-state index contributed by atoms with van der Waals surface area (Å²) < 4.78 is 31.9. The van der Waals surface area contributed by atoms with Crippen LogP contribution in [0.2, 0.25) is 0 Å². The zero-order valence-electron chi connectivity index (χ0n) is 16.7. The zero-order chi connectivity index (χ0) is 19.1. The molecular weight excluding hydrogens is 360 g/mol. The van der Waals surface area contributed by atoms with Crippen LogP contribution < -0.4 is 4.72 Å². The lowest BCUT2D eigenvalue weighted by Crippen LogP contribution is -2.35. The van der Waals surface area contributed by atoms with Gasteiger partial charge >= 0.3 is 0 Å². The molecule has 3 fully saturated rings. The van der Waals surface area contributed by atoms with Gasteiger partial charge in [0.05, 0.1) is 19.0 Å². The Morgan fingerprint density at radius 2 is 1.93 bits per heavy atom. The van der Waals surface area contributed by atoms with Crippen molar-refractivity contribution in [3.63, 3.8) is 0 Å². The van der Waals surface area contributed by atoms with Gasteiger partial charge in [0.25, 0.3) is 0 Å². The number of nitrogens with one attached hydrogen (secondary N) is 1. The number of nitrogens with zero attached hydrogens (tertiary/aromatic N) is 1. The second kappa shape index (κ2) is 7.62. The van der Waals surface area contributed by atoms with Crippen molar-refractivity contribution >= 4 is 10.0 Å². The van der Waals surface area contributed by atoms with Gasteiger partial charge in [-0.15, -0.1) is 0 Å². The predicted octanol–water partition coefficient (Wildman–Crippen LogP) is 2.71. The Balaban J connectivity index is 1.26. The minimum absolute atomic E-state index is 0.0989. The molecule has 2 saturated carbocycles. The van der Waals surface area contributed by atoms with E-state index in [1.165, 1.54) is 43.9 Å². The summed E-state index contributed by atoms with van der Waals surface area (Å²) in [7, 11) is -3.17. The molecule has 3 aliphatic carbocycles. The summed E-state index contributed by atoms with van der Waals surface area (Å²) in [6.07, 6.45) is 15.5. The zero-order valence-corrected chi connectivity index (χ0v) is 17.5. The summed E-state index contributed by atoms with van der Waals surface area (Å²) in [5.41, 5.74) is 1.54. The third-order valence-corrected chi connectivity index (χ3v) is 7.93. The first-order valence-electron chi connectivity index (χ1n) is 10.6. The average Bonchev–Trinajstić information content (AvgIpc) is 2.98. The molecule has 0 radical (unpaired) electrons. The molecule has 0 amide bonds. The molecule has 1 saturated heterocycles. The molecule has 27 heavy (non-hydrogen) atoms. The number of piperidine rings is 1. The average molecular weight is 395 g/mol. The van der Waals surface area contributed by atoms with Crippen LogP contribution in [0.4, 0.5) is 0 Å². The van der Waals surface area contributed by atoms with Gasteiger partial charge in [0.15, 0.2) is 0 Å². The maximum Gasteiger partial charge on any atom is 0.209 e. The van der Waals surface area contributed by atoms with Crippen LogP contribution in [0.3, 0.4) is 0 Å². The second-order valence-electron chi connectivity index (χ2n) is 9.14. The summed E-state index contributed by atoms with van der Waals surface area (Å²) in [6.45, 7) is 6.56. The largest absolute Gasteiger partial charge is 0.377 e. The minimum atomic E-state index is -3.17. The van der Waals surface area contributed by atoms with Gasteiger partial charge in [-0.05, 0) is 36.7 Å². The third kappa shape index (κ3) is 4.34. The van der Waals surface area contributed by atoms with Crippen LogP contribution >= 0.6 is 0 Å². The number of hydrogen-bond donors (Lipinski definition) is 1. The quantitative estimate of drug-likeness (QED) is 0.721. The Kier molecular flexibility index (Phi) is 5.54. The van der Waals surface area contributed by atoms with Crippen molar-refractivity contribution in [1.29, 1.82) is 0 Å². The number of allylic oxidation sites excluding steroid dienone is 2. The molecular formula is C21H34N2O3S. The summed E-state index contributed by atoms with van der Waals surface area (Å²) >= 11 is 0. The maximum absolute atomic E-state index is 11.5. The molecule has 0 spiro atoms. The van der Waals surface area contributed by atoms with Gasteiger partial charge in [-0.3, -0.25) is 0 Å². The monoisotopic (exact) mass is 394 g/mol. The lowest BCUT2D eigenvalue weighted by Gasteiger charge is -2.28. The van der Waals surface area contributed by atoms with E-state index in [2.05, 4.69) is 34.8 Å². The molecule has 0 bridgehead atoms. The first-order valence-corrected chi connectivity index (χ1v) is 12.5. The fourth-order valence-electron chi connectivity index (χ4n) is 5.55. The Morgan fingerprint density at radius 1 is 1.22 bits per heavy atom. The lowest BCUT2D eigenvalue weighted by atomic mass is 9.87. The van der Waals surface area contributed by atoms with Gasteiger partial charge in [-0.25, -0.2) is 13.1 Å². The van der Waals surface area contributed by atoms with Gasteiger partial charge in [-0.2, -0.15) is 0 Å². The topological polar surface area (TPSA) is 58.6 Å². The highest BCUT2D eigenvalue weighted by molar-refractivity contribution is 7.88. The van der Waals surface area contributed by atoms with E-state index in [0.29, 0.717) is 17.9 Å². The van der Waals surface area contributed by atoms with Crippen molar-refractivity contribution in [2.75, 3.05) is 32.5 Å². The Labute approximate surface area is 164 Å². The van der Waals surface area contributed by atoms with E-state index in [4.69, 9.17) is 4.74 Å². The van der Waals surface area contributed by atoms with Crippen molar-refractivity contribution in [1.82, 2.24) is 9.62 Å². The fourth-order valence-corrected chi connectivity index (χ4v) is 6.27. The van der Waals surface area contributed by atoms with Crippen molar-refractivity contribution < 1.29 is 13.2 Å². The molecule has 6 heteroatoms. The summed E-state index contributed by atoms with van der Waals surface area (Å²) in [6, 6.07) is -0.0989. The summed E-state index contributed by atoms with van der Waals surface area (Å²) in [5, 5.41) is 0. The molecule has 1 aliphatic heterocycles. The molecule has 0 aromatic heterocycles. The van der Waals surface area contributed by atoms with Gasteiger partial charge in [0.2, 0.25) is 10.0 Å². The van der Waals surface area contributed by atoms with E-state index >= 15 is 0 Å². The van der Waals surface area contributed by atoms with E-state index in [9.17, 15) is 8.42 Å². The van der Waals surface area contributed by atoms with Crippen LogP contribution in [0.25, 0.3) is 0 Å². The Hall–Kier alpha value is -0.690. The van der Waals surface area contributed by atoms with Crippen LogP contribution in [0.1, 0.15) is 45.4 Å². The van der Waals surface area contributed by atoms with Gasteiger partial charge < -0.3 is 9.64 Å². The minimum Gasteiger partial charge on any atom is -0.377 e. The Morgan fingerprint density at radius 3 is 2.59 bits per heavy atom. The predicted molar refractivity (Wildman–Crippen MR) is 108 cm³/mol. The first-order chi connectivity index (χ1) is 12.9. The SMILES string of the molecule is CC1(C2=CC(NS(C)(=O)=O)CC=C2)C2CN(CCOC3CCCCC3)CC21. The Bertz CT molecular complexity index is 697. The molecule has 0 aromatic carbocycles. The van der Waals surface area contributed by atoms with E-state index in [1.54, 1.807) is 0 Å². The molecule has 4 rings (SSSR count). The van der Waals surface area contributed by atoms with Crippen LogP contribution in [-0.4, -0.2) is 58.0 Å². The van der Waals surface area contributed by atoms with Crippen molar-refractivity contribution in [2.45, 2.75) is 57.6 Å². The van der Waals surface area contributed by atoms with Gasteiger partial charge in [-0.1, -0.05) is 44.4 Å². The van der Waals surface area contributed by atoms with Crippen LogP contribution in [0, 0.1) is 17.3 Å². The normalized spacial score (nSPS) is 37.3. The standard InChI is InChI=1S/C21H34N2O3S/c1-21(16-7-6-8-17(13-16)22-27(2,24)25)19-14-23(15-20(19)21)11-12-26-18-9-4-3-5-10-18/h6-7,13,17-20,22H,3-5,8-12,14-15H2,1-2H3.